The van der Waals surface area contributed by atoms with Gasteiger partial charge in [0.05, 0.1) is 35.1 Å². The molecule has 1 unspecified atom stereocenters. The molecule has 4 heterocycles. The van der Waals surface area contributed by atoms with E-state index in [4.69, 9.17) is 4.52 Å². The molecule has 4 aromatic rings. The van der Waals surface area contributed by atoms with Crippen LogP contribution in [0.4, 0.5) is 19.0 Å². The Morgan fingerprint density at radius 1 is 1.22 bits per heavy atom. The van der Waals surface area contributed by atoms with Crippen molar-refractivity contribution >= 4 is 22.5 Å². The molecule has 3 aromatic heterocycles. The zero-order valence-corrected chi connectivity index (χ0v) is 20.0. The number of benzene rings is 1. The molecule has 0 saturated carbocycles. The van der Waals surface area contributed by atoms with E-state index in [0.717, 1.165) is 6.07 Å². The fourth-order valence-electron chi connectivity index (χ4n) is 4.66. The number of alkyl halides is 2. The summed E-state index contributed by atoms with van der Waals surface area (Å²) in [6, 6.07) is 4.31. The summed E-state index contributed by atoms with van der Waals surface area (Å²) in [4.78, 5) is 27.3. The van der Waals surface area contributed by atoms with E-state index in [1.807, 2.05) is 0 Å². The SMILES string of the molecule is Cc1nnc(N[C@H](C)c2cccc(C(F)F)c2F)c2cn(C3CCN(C(=O)c4cnoc4)C3)c(=O)cc12. The van der Waals surface area contributed by atoms with Gasteiger partial charge in [-0.05, 0) is 20.3 Å². The Hall–Kier alpha value is -4.22. The van der Waals surface area contributed by atoms with Crippen molar-refractivity contribution in [1.29, 1.82) is 0 Å². The Morgan fingerprint density at radius 3 is 2.73 bits per heavy atom. The molecule has 1 aromatic carbocycles. The lowest BCUT2D eigenvalue weighted by Gasteiger charge is -2.20. The molecule has 5 rings (SSSR count). The second kappa shape index (κ2) is 9.68. The summed E-state index contributed by atoms with van der Waals surface area (Å²) in [5.74, 6) is -0.940. The van der Waals surface area contributed by atoms with Crippen molar-refractivity contribution in [3.05, 3.63) is 81.5 Å². The first kappa shape index (κ1) is 24.5. The van der Waals surface area contributed by atoms with E-state index in [-0.39, 0.29) is 28.9 Å². The molecule has 1 aliphatic heterocycles. The molecule has 12 heteroatoms. The first-order chi connectivity index (χ1) is 17.7. The highest BCUT2D eigenvalue weighted by Crippen LogP contribution is 2.31. The molecule has 1 aliphatic rings. The number of carbonyl (C=O) groups is 1. The maximum absolute atomic E-state index is 14.7. The third-order valence-corrected chi connectivity index (χ3v) is 6.66. The number of nitrogens with zero attached hydrogens (tertiary/aromatic N) is 5. The van der Waals surface area contributed by atoms with Crippen LogP contribution in [0.15, 0.2) is 52.2 Å². The number of rotatable bonds is 6. The number of nitrogens with one attached hydrogen (secondary N) is 1. The minimum Gasteiger partial charge on any atom is -0.364 e. The normalized spacial score (nSPS) is 16.5. The van der Waals surface area contributed by atoms with Gasteiger partial charge in [0.25, 0.3) is 17.9 Å². The van der Waals surface area contributed by atoms with Crippen LogP contribution < -0.4 is 10.9 Å². The van der Waals surface area contributed by atoms with Crippen LogP contribution in [-0.4, -0.2) is 43.8 Å². The van der Waals surface area contributed by atoms with Gasteiger partial charge in [0.1, 0.15) is 12.1 Å². The summed E-state index contributed by atoms with van der Waals surface area (Å²) in [6.07, 6.45) is 1.89. The number of pyridine rings is 1. The van der Waals surface area contributed by atoms with E-state index >= 15 is 0 Å². The Bertz CT molecular complexity index is 1520. The van der Waals surface area contributed by atoms with E-state index in [1.54, 1.807) is 29.5 Å². The number of aromatic nitrogens is 4. The standard InChI is InChI=1S/C25H23F3N6O3/c1-13(17-4-3-5-18(22(17)26)23(27)28)30-24-20-11-34(21(35)8-19(20)14(2)31-32-24)16-6-7-33(10-16)25(36)15-9-29-37-12-15/h3-5,8-9,11-13,16,23H,6-7,10H2,1-2H3,(H,30,32)/t13-,16?/m1/s1. The number of halogens is 3. The summed E-state index contributed by atoms with van der Waals surface area (Å²) in [7, 11) is 0. The average molecular weight is 512 g/mol. The number of anilines is 1. The maximum Gasteiger partial charge on any atom is 0.266 e. The zero-order chi connectivity index (χ0) is 26.3. The smallest absolute Gasteiger partial charge is 0.266 e. The van der Waals surface area contributed by atoms with E-state index in [9.17, 15) is 22.8 Å². The molecule has 0 spiro atoms. The van der Waals surface area contributed by atoms with Crippen LogP contribution in [0.5, 0.6) is 0 Å². The molecule has 1 saturated heterocycles. The van der Waals surface area contributed by atoms with Crippen molar-refractivity contribution in [3.8, 4) is 0 Å². The van der Waals surface area contributed by atoms with Gasteiger partial charge >= 0.3 is 0 Å². The van der Waals surface area contributed by atoms with Gasteiger partial charge in [0.2, 0.25) is 0 Å². The summed E-state index contributed by atoms with van der Waals surface area (Å²) < 4.78 is 47.4. The quantitative estimate of drug-likeness (QED) is 0.408. The molecule has 2 atom stereocenters. The van der Waals surface area contributed by atoms with Crippen LogP contribution in [0.1, 0.15) is 59.0 Å². The number of aryl methyl sites for hydroxylation is 1. The second-order valence-corrected chi connectivity index (χ2v) is 9.00. The van der Waals surface area contributed by atoms with E-state index in [1.165, 1.54) is 30.7 Å². The van der Waals surface area contributed by atoms with Gasteiger partial charge in [-0.25, -0.2) is 13.2 Å². The highest BCUT2D eigenvalue weighted by Gasteiger charge is 2.30. The summed E-state index contributed by atoms with van der Waals surface area (Å²) >= 11 is 0. The highest BCUT2D eigenvalue weighted by molar-refractivity contribution is 5.94. The first-order valence-electron chi connectivity index (χ1n) is 11.7. The van der Waals surface area contributed by atoms with Gasteiger partial charge in [-0.15, -0.1) is 5.10 Å². The van der Waals surface area contributed by atoms with E-state index in [2.05, 4.69) is 20.7 Å². The number of carbonyl (C=O) groups excluding carboxylic acids is 1. The third-order valence-electron chi connectivity index (χ3n) is 6.66. The molecule has 9 nitrogen and oxygen atoms in total. The molecular formula is C25H23F3N6O3. The van der Waals surface area contributed by atoms with Crippen molar-refractivity contribution in [1.82, 2.24) is 24.8 Å². The lowest BCUT2D eigenvalue weighted by molar-refractivity contribution is 0.0786. The molecular weight excluding hydrogens is 489 g/mol. The largest absolute Gasteiger partial charge is 0.364 e. The Morgan fingerprint density at radius 2 is 2.00 bits per heavy atom. The average Bonchev–Trinajstić information content (AvgIpc) is 3.58. The molecule has 0 aliphatic carbocycles. The Labute approximate surface area is 208 Å². The molecule has 0 bridgehead atoms. The lowest BCUT2D eigenvalue weighted by Crippen LogP contribution is -2.31. The molecule has 192 valence electrons. The maximum atomic E-state index is 14.7. The second-order valence-electron chi connectivity index (χ2n) is 9.00. The highest BCUT2D eigenvalue weighted by atomic mass is 19.3. The number of fused-ring (bicyclic) bond motifs is 1. The van der Waals surface area contributed by atoms with Crippen molar-refractivity contribution in [2.75, 3.05) is 18.4 Å². The predicted molar refractivity (Wildman–Crippen MR) is 128 cm³/mol. The minimum absolute atomic E-state index is 0.0559. The van der Waals surface area contributed by atoms with Crippen molar-refractivity contribution < 1.29 is 22.5 Å². The summed E-state index contributed by atoms with van der Waals surface area (Å²) in [5, 5.41) is 16.1. The number of hydrogen-bond donors (Lipinski definition) is 1. The van der Waals surface area contributed by atoms with Gasteiger partial charge in [-0.1, -0.05) is 23.4 Å². The molecule has 37 heavy (non-hydrogen) atoms. The summed E-state index contributed by atoms with van der Waals surface area (Å²) in [5.41, 5.74) is -0.0192. The monoisotopic (exact) mass is 512 g/mol. The van der Waals surface area contributed by atoms with Crippen LogP contribution in [0, 0.1) is 12.7 Å². The van der Waals surface area contributed by atoms with Crippen LogP contribution in [-0.2, 0) is 0 Å². The van der Waals surface area contributed by atoms with Gasteiger partial charge in [0, 0.05) is 41.7 Å². The van der Waals surface area contributed by atoms with Crippen LogP contribution in [0.3, 0.4) is 0 Å². The molecule has 1 fully saturated rings. The first-order valence-corrected chi connectivity index (χ1v) is 11.7. The van der Waals surface area contributed by atoms with Gasteiger partial charge in [-0.2, -0.15) is 5.10 Å². The fourth-order valence-corrected chi connectivity index (χ4v) is 4.66. The van der Waals surface area contributed by atoms with Crippen molar-refractivity contribution in [3.63, 3.8) is 0 Å². The predicted octanol–water partition coefficient (Wildman–Crippen LogP) is 4.42. The number of amides is 1. The van der Waals surface area contributed by atoms with Crippen molar-refractivity contribution in [2.24, 2.45) is 0 Å². The Kier molecular flexibility index (Phi) is 6.40. The molecule has 0 radical (unpaired) electrons. The van der Waals surface area contributed by atoms with Gasteiger partial charge < -0.3 is 19.3 Å². The van der Waals surface area contributed by atoms with Crippen LogP contribution in [0.25, 0.3) is 10.8 Å². The van der Waals surface area contributed by atoms with Crippen LogP contribution >= 0.6 is 0 Å². The number of likely N-dealkylation sites (tertiary alicyclic amines) is 1. The summed E-state index contributed by atoms with van der Waals surface area (Å²) in [6.45, 7) is 4.11. The topological polar surface area (TPSA) is 106 Å². The zero-order valence-electron chi connectivity index (χ0n) is 20.0. The van der Waals surface area contributed by atoms with Crippen LogP contribution in [0.2, 0.25) is 0 Å². The van der Waals surface area contributed by atoms with Gasteiger partial charge in [-0.3, -0.25) is 9.59 Å². The van der Waals surface area contributed by atoms with E-state index < -0.39 is 23.8 Å². The lowest BCUT2D eigenvalue weighted by atomic mass is 10.0. The fraction of sp³-hybridized carbons (Fsp3) is 0.320. The van der Waals surface area contributed by atoms with E-state index in [0.29, 0.717) is 41.5 Å². The van der Waals surface area contributed by atoms with Gasteiger partial charge in [0.15, 0.2) is 5.82 Å². The van der Waals surface area contributed by atoms with Crippen molar-refractivity contribution in [2.45, 2.75) is 38.8 Å². The Balaban J connectivity index is 1.47. The third kappa shape index (κ3) is 4.54. The molecule has 1 N–H and O–H groups in total. The number of hydrogen-bond acceptors (Lipinski definition) is 7. The molecule has 1 amide bonds. The minimum atomic E-state index is -2.94.